The van der Waals surface area contributed by atoms with E-state index < -0.39 is 11.9 Å². The lowest BCUT2D eigenvalue weighted by atomic mass is 10.4. The molecule has 0 spiro atoms. The molecule has 0 aromatic rings. The number of aliphatic carboxylic acids is 1. The van der Waals surface area contributed by atoms with Gasteiger partial charge in [-0.1, -0.05) is 6.58 Å². The van der Waals surface area contributed by atoms with E-state index >= 15 is 0 Å². The van der Waals surface area contributed by atoms with Crippen LogP contribution in [0.4, 0.5) is 0 Å². The van der Waals surface area contributed by atoms with Gasteiger partial charge in [0.15, 0.2) is 0 Å². The average molecular weight is 467 g/mol. The lowest BCUT2D eigenvalue weighted by Gasteiger charge is -2.08. The normalized spacial score (nSPS) is 10.9. The number of carbonyl (C=O) groups excluding carboxylic acids is 1. The van der Waals surface area contributed by atoms with Crippen molar-refractivity contribution in [1.29, 1.82) is 0 Å². The van der Waals surface area contributed by atoms with Crippen LogP contribution in [0.15, 0.2) is 12.2 Å². The van der Waals surface area contributed by atoms with Crippen molar-refractivity contribution < 1.29 is 52.6 Å². The van der Waals surface area contributed by atoms with Crippen molar-refractivity contribution in [2.75, 3.05) is 99.1 Å². The number of esters is 1. The fraction of sp³-hybridized carbons (Fsp3) is 0.810. The van der Waals surface area contributed by atoms with Gasteiger partial charge in [-0.2, -0.15) is 0 Å². The lowest BCUT2D eigenvalue weighted by Crippen LogP contribution is -2.15. The maximum atomic E-state index is 11.1. The van der Waals surface area contributed by atoms with Crippen LogP contribution in [0.1, 0.15) is 13.3 Å². The molecule has 0 heterocycles. The summed E-state index contributed by atoms with van der Waals surface area (Å²) >= 11 is 0. The van der Waals surface area contributed by atoms with E-state index in [2.05, 4.69) is 6.58 Å². The Bertz CT molecular complexity index is 471. The summed E-state index contributed by atoms with van der Waals surface area (Å²) in [6.45, 7) is 11.1. The first-order chi connectivity index (χ1) is 15.5. The molecule has 0 aliphatic carbocycles. The molecule has 188 valence electrons. The molecule has 0 fully saturated rings. The molecule has 0 bridgehead atoms. The molecule has 0 radical (unpaired) electrons. The molecule has 1 N–H and O–H groups in total. The molecule has 0 rings (SSSR count). The molecule has 0 aromatic carbocycles. The second-order valence-electron chi connectivity index (χ2n) is 6.35. The molecule has 0 aliphatic rings. The third-order valence-electron chi connectivity index (χ3n) is 3.50. The first-order valence-corrected chi connectivity index (χ1v) is 10.6. The quantitative estimate of drug-likeness (QED) is 0.116. The standard InChI is InChI=1S/C21H38O11/c1-19(2)21(24)32-18-17-31-16-15-30-14-13-29-12-11-28-10-9-27-8-7-26-6-5-25-4-3-20(22)23/h1,3-18H2,2H3,(H,22,23). The molecule has 0 amide bonds. The van der Waals surface area contributed by atoms with Crippen molar-refractivity contribution in [1.82, 2.24) is 0 Å². The monoisotopic (exact) mass is 466 g/mol. The smallest absolute Gasteiger partial charge is 0.333 e. The molecular formula is C21H38O11. The molecule has 0 saturated carbocycles. The summed E-state index contributed by atoms with van der Waals surface area (Å²) in [7, 11) is 0. The number of ether oxygens (including phenoxy) is 8. The summed E-state index contributed by atoms with van der Waals surface area (Å²) in [6.07, 6.45) is -0.00360. The second kappa shape index (κ2) is 24.1. The van der Waals surface area contributed by atoms with Gasteiger partial charge in [-0.15, -0.1) is 0 Å². The fourth-order valence-corrected chi connectivity index (χ4v) is 1.90. The average Bonchev–Trinajstić information content (AvgIpc) is 2.76. The van der Waals surface area contributed by atoms with Gasteiger partial charge in [0, 0.05) is 5.57 Å². The van der Waals surface area contributed by atoms with Gasteiger partial charge in [0.1, 0.15) is 6.61 Å². The van der Waals surface area contributed by atoms with E-state index in [1.807, 2.05) is 0 Å². The van der Waals surface area contributed by atoms with Gasteiger partial charge in [0.25, 0.3) is 0 Å². The molecule has 0 aliphatic heterocycles. The Labute approximate surface area is 189 Å². The minimum atomic E-state index is -0.877. The highest BCUT2D eigenvalue weighted by Crippen LogP contribution is 1.92. The van der Waals surface area contributed by atoms with Crippen molar-refractivity contribution in [2.45, 2.75) is 13.3 Å². The van der Waals surface area contributed by atoms with E-state index in [1.54, 1.807) is 6.92 Å². The topological polar surface area (TPSA) is 128 Å². The Morgan fingerprint density at radius 3 is 1.12 bits per heavy atom. The molecule has 0 aromatic heterocycles. The van der Waals surface area contributed by atoms with Crippen molar-refractivity contribution in [2.24, 2.45) is 0 Å². The van der Waals surface area contributed by atoms with Crippen LogP contribution in [0.5, 0.6) is 0 Å². The molecular weight excluding hydrogens is 428 g/mol. The maximum Gasteiger partial charge on any atom is 0.333 e. The van der Waals surface area contributed by atoms with E-state index in [-0.39, 0.29) is 19.6 Å². The molecule has 11 nitrogen and oxygen atoms in total. The van der Waals surface area contributed by atoms with Gasteiger partial charge in [0.05, 0.1) is 98.9 Å². The van der Waals surface area contributed by atoms with Crippen molar-refractivity contribution in [3.05, 3.63) is 12.2 Å². The molecule has 0 atom stereocenters. The van der Waals surface area contributed by atoms with Gasteiger partial charge in [-0.05, 0) is 6.92 Å². The minimum absolute atomic E-state index is 0.00360. The summed E-state index contributed by atoms with van der Waals surface area (Å²) in [5.74, 6) is -1.29. The Hall–Kier alpha value is -1.60. The Balaban J connectivity index is 3.07. The summed E-state index contributed by atoms with van der Waals surface area (Å²) < 4.78 is 42.0. The van der Waals surface area contributed by atoms with Crippen molar-refractivity contribution in [3.8, 4) is 0 Å². The fourth-order valence-electron chi connectivity index (χ4n) is 1.90. The van der Waals surface area contributed by atoms with Gasteiger partial charge in [-0.3, -0.25) is 4.79 Å². The highest BCUT2D eigenvalue weighted by atomic mass is 16.6. The van der Waals surface area contributed by atoms with Crippen LogP contribution in [0, 0.1) is 0 Å². The number of rotatable bonds is 25. The highest BCUT2D eigenvalue weighted by molar-refractivity contribution is 5.86. The summed E-state index contributed by atoms with van der Waals surface area (Å²) in [4.78, 5) is 21.4. The molecule has 0 saturated heterocycles. The maximum absolute atomic E-state index is 11.1. The van der Waals surface area contributed by atoms with Crippen LogP contribution < -0.4 is 0 Å². The predicted molar refractivity (Wildman–Crippen MR) is 114 cm³/mol. The Kier molecular flexibility index (Phi) is 22.8. The number of carbonyl (C=O) groups is 2. The second-order valence-corrected chi connectivity index (χ2v) is 6.35. The zero-order valence-corrected chi connectivity index (χ0v) is 19.1. The van der Waals surface area contributed by atoms with Crippen molar-refractivity contribution >= 4 is 11.9 Å². The zero-order chi connectivity index (χ0) is 23.7. The predicted octanol–water partition coefficient (Wildman–Crippen LogP) is 0.697. The third-order valence-corrected chi connectivity index (χ3v) is 3.50. The molecule has 11 heteroatoms. The van der Waals surface area contributed by atoms with E-state index in [0.29, 0.717) is 91.5 Å². The summed E-state index contributed by atoms with van der Waals surface area (Å²) in [5.41, 5.74) is 0.365. The van der Waals surface area contributed by atoms with E-state index in [9.17, 15) is 9.59 Å². The summed E-state index contributed by atoms with van der Waals surface area (Å²) in [6, 6.07) is 0. The van der Waals surface area contributed by atoms with Crippen molar-refractivity contribution in [3.63, 3.8) is 0 Å². The number of hydrogen-bond donors (Lipinski definition) is 1. The first kappa shape index (κ1) is 30.4. The van der Waals surface area contributed by atoms with E-state index in [0.717, 1.165) is 0 Å². The zero-order valence-electron chi connectivity index (χ0n) is 19.1. The summed E-state index contributed by atoms with van der Waals surface area (Å²) in [5, 5.41) is 8.44. The minimum Gasteiger partial charge on any atom is -0.481 e. The van der Waals surface area contributed by atoms with Gasteiger partial charge >= 0.3 is 11.9 Å². The number of carboxylic acid groups (broad SMARTS) is 1. The Morgan fingerprint density at radius 1 is 0.562 bits per heavy atom. The number of carboxylic acids is 1. The first-order valence-electron chi connectivity index (χ1n) is 10.6. The Morgan fingerprint density at radius 2 is 0.844 bits per heavy atom. The van der Waals surface area contributed by atoms with Crippen LogP contribution in [-0.4, -0.2) is 116 Å². The van der Waals surface area contributed by atoms with Crippen LogP contribution in [0.2, 0.25) is 0 Å². The number of hydrogen-bond acceptors (Lipinski definition) is 10. The molecule has 32 heavy (non-hydrogen) atoms. The van der Waals surface area contributed by atoms with E-state index in [4.69, 9.17) is 43.0 Å². The van der Waals surface area contributed by atoms with Crippen LogP contribution in [0.25, 0.3) is 0 Å². The SMILES string of the molecule is C=C(C)C(=O)OCCOCCOCCOCCOCCOCCOCCOCCC(=O)O. The highest BCUT2D eigenvalue weighted by Gasteiger charge is 2.01. The lowest BCUT2D eigenvalue weighted by molar-refractivity contribution is -0.141. The van der Waals surface area contributed by atoms with Gasteiger partial charge in [0.2, 0.25) is 0 Å². The van der Waals surface area contributed by atoms with Crippen LogP contribution in [-0.2, 0) is 47.5 Å². The molecule has 0 unspecified atom stereocenters. The largest absolute Gasteiger partial charge is 0.481 e. The van der Waals surface area contributed by atoms with Crippen LogP contribution in [0.3, 0.4) is 0 Å². The van der Waals surface area contributed by atoms with Gasteiger partial charge < -0.3 is 43.0 Å². The van der Waals surface area contributed by atoms with E-state index in [1.165, 1.54) is 0 Å². The third kappa shape index (κ3) is 24.7. The van der Waals surface area contributed by atoms with Gasteiger partial charge in [-0.25, -0.2) is 4.79 Å². The van der Waals surface area contributed by atoms with Crippen LogP contribution >= 0.6 is 0 Å².